The van der Waals surface area contributed by atoms with Gasteiger partial charge in [0.25, 0.3) is 5.56 Å². The van der Waals surface area contributed by atoms with Crippen LogP contribution in [0.4, 0.5) is 0 Å². The highest BCUT2D eigenvalue weighted by Crippen LogP contribution is 2.15. The van der Waals surface area contributed by atoms with E-state index in [1.165, 1.54) is 5.56 Å². The molecule has 0 atom stereocenters. The van der Waals surface area contributed by atoms with Gasteiger partial charge in [0.2, 0.25) is 0 Å². The highest BCUT2D eigenvalue weighted by atomic mass is 16.4. The number of aryl methyl sites for hydroxylation is 2. The zero-order valence-electron chi connectivity index (χ0n) is 10.9. The lowest BCUT2D eigenvalue weighted by Gasteiger charge is -2.04. The Labute approximate surface area is 111 Å². The summed E-state index contributed by atoms with van der Waals surface area (Å²) in [5.41, 5.74) is 2.66. The Kier molecular flexibility index (Phi) is 4.00. The van der Waals surface area contributed by atoms with Gasteiger partial charge in [-0.3, -0.25) is 9.59 Å². The largest absolute Gasteiger partial charge is 0.481 e. The lowest BCUT2D eigenvalue weighted by Crippen LogP contribution is -2.08. The van der Waals surface area contributed by atoms with Gasteiger partial charge in [0.05, 0.1) is 0 Å². The average Bonchev–Trinajstić information content (AvgIpc) is 2.36. The topological polar surface area (TPSA) is 70.2 Å². The summed E-state index contributed by atoms with van der Waals surface area (Å²) >= 11 is 0. The fourth-order valence-corrected chi connectivity index (χ4v) is 2.13. The maximum atomic E-state index is 11.5. The number of hydrogen-bond donors (Lipinski definition) is 2. The van der Waals surface area contributed by atoms with E-state index in [-0.39, 0.29) is 12.0 Å². The Hall–Kier alpha value is -2.10. The Morgan fingerprint density at radius 2 is 2.05 bits per heavy atom. The zero-order chi connectivity index (χ0) is 13.8. The number of unbranched alkanes of at least 4 members (excludes halogenated alkanes) is 1. The Balaban J connectivity index is 2.11. The van der Waals surface area contributed by atoms with Gasteiger partial charge < -0.3 is 10.1 Å². The first-order valence-electron chi connectivity index (χ1n) is 6.40. The number of pyridine rings is 1. The van der Waals surface area contributed by atoms with Crippen LogP contribution < -0.4 is 5.56 Å². The standard InChI is InChI=1S/C15H17NO3/c1-10-8-12-9-11(4-2-3-5-14(17)18)6-7-13(12)16-15(10)19/h6-9H,2-5H2,1H3,(H,16,19)(H,17,18). The van der Waals surface area contributed by atoms with E-state index >= 15 is 0 Å². The Bertz CT molecular complexity index is 658. The summed E-state index contributed by atoms with van der Waals surface area (Å²) < 4.78 is 0. The normalized spacial score (nSPS) is 10.8. The van der Waals surface area contributed by atoms with Crippen molar-refractivity contribution in [1.82, 2.24) is 4.98 Å². The highest BCUT2D eigenvalue weighted by molar-refractivity contribution is 5.79. The second-order valence-corrected chi connectivity index (χ2v) is 4.80. The molecular formula is C15H17NO3. The van der Waals surface area contributed by atoms with Crippen molar-refractivity contribution in [3.05, 3.63) is 45.7 Å². The van der Waals surface area contributed by atoms with Crippen molar-refractivity contribution in [1.29, 1.82) is 0 Å². The molecule has 4 nitrogen and oxygen atoms in total. The lowest BCUT2D eigenvalue weighted by molar-refractivity contribution is -0.137. The molecular weight excluding hydrogens is 242 g/mol. The van der Waals surface area contributed by atoms with Gasteiger partial charge in [-0.2, -0.15) is 0 Å². The molecule has 0 saturated carbocycles. The van der Waals surface area contributed by atoms with Crippen LogP contribution in [0.1, 0.15) is 30.4 Å². The predicted molar refractivity (Wildman–Crippen MR) is 74.5 cm³/mol. The minimum atomic E-state index is -0.744. The molecule has 0 radical (unpaired) electrons. The molecule has 0 bridgehead atoms. The molecule has 19 heavy (non-hydrogen) atoms. The number of carboxylic acid groups (broad SMARTS) is 1. The first-order valence-corrected chi connectivity index (χ1v) is 6.40. The molecule has 4 heteroatoms. The fourth-order valence-electron chi connectivity index (χ4n) is 2.13. The maximum Gasteiger partial charge on any atom is 0.303 e. The number of carboxylic acids is 1. The van der Waals surface area contributed by atoms with Crippen molar-refractivity contribution in [2.45, 2.75) is 32.6 Å². The van der Waals surface area contributed by atoms with Crippen molar-refractivity contribution >= 4 is 16.9 Å². The SMILES string of the molecule is Cc1cc2cc(CCCCC(=O)O)ccc2[nH]c1=O. The van der Waals surface area contributed by atoms with Crippen LogP contribution in [-0.4, -0.2) is 16.1 Å². The van der Waals surface area contributed by atoms with Crippen LogP contribution in [0.25, 0.3) is 10.9 Å². The van der Waals surface area contributed by atoms with Crippen LogP contribution in [0.2, 0.25) is 0 Å². The van der Waals surface area contributed by atoms with Crippen molar-refractivity contribution < 1.29 is 9.90 Å². The number of nitrogens with one attached hydrogen (secondary N) is 1. The van der Waals surface area contributed by atoms with Crippen molar-refractivity contribution in [3.63, 3.8) is 0 Å². The first kappa shape index (κ1) is 13.3. The van der Waals surface area contributed by atoms with Crippen LogP contribution in [0.15, 0.2) is 29.1 Å². The van der Waals surface area contributed by atoms with E-state index in [2.05, 4.69) is 11.1 Å². The summed E-state index contributed by atoms with van der Waals surface area (Å²) in [7, 11) is 0. The molecule has 100 valence electrons. The zero-order valence-corrected chi connectivity index (χ0v) is 10.9. The lowest BCUT2D eigenvalue weighted by atomic mass is 10.0. The van der Waals surface area contributed by atoms with E-state index in [0.717, 1.165) is 23.7 Å². The number of carbonyl (C=O) groups is 1. The second-order valence-electron chi connectivity index (χ2n) is 4.80. The third-order valence-corrected chi connectivity index (χ3v) is 3.20. The van der Waals surface area contributed by atoms with Crippen molar-refractivity contribution in [2.75, 3.05) is 0 Å². The molecule has 0 fully saturated rings. The summed E-state index contributed by atoms with van der Waals surface area (Å²) in [6.07, 6.45) is 2.64. The van der Waals surface area contributed by atoms with Crippen LogP contribution in [0, 0.1) is 6.92 Å². The van der Waals surface area contributed by atoms with Gasteiger partial charge in [-0.1, -0.05) is 6.07 Å². The molecule has 1 heterocycles. The minimum Gasteiger partial charge on any atom is -0.481 e. The molecule has 2 rings (SSSR count). The van der Waals surface area contributed by atoms with Gasteiger partial charge >= 0.3 is 5.97 Å². The average molecular weight is 259 g/mol. The number of benzene rings is 1. The van der Waals surface area contributed by atoms with Gasteiger partial charge in [-0.15, -0.1) is 0 Å². The molecule has 0 unspecified atom stereocenters. The molecule has 0 saturated heterocycles. The molecule has 0 aliphatic carbocycles. The third kappa shape index (κ3) is 3.44. The number of aromatic amines is 1. The van der Waals surface area contributed by atoms with E-state index < -0.39 is 5.97 Å². The number of aromatic nitrogens is 1. The van der Waals surface area contributed by atoms with E-state index in [1.54, 1.807) is 6.92 Å². The molecule has 1 aromatic heterocycles. The Morgan fingerprint density at radius 3 is 2.79 bits per heavy atom. The third-order valence-electron chi connectivity index (χ3n) is 3.20. The van der Waals surface area contributed by atoms with E-state index in [0.29, 0.717) is 12.0 Å². The van der Waals surface area contributed by atoms with Crippen LogP contribution in [0.5, 0.6) is 0 Å². The summed E-state index contributed by atoms with van der Waals surface area (Å²) in [4.78, 5) is 24.7. The molecule has 1 aromatic carbocycles. The number of fused-ring (bicyclic) bond motifs is 1. The summed E-state index contributed by atoms with van der Waals surface area (Å²) in [6.45, 7) is 1.79. The number of H-pyrrole nitrogens is 1. The van der Waals surface area contributed by atoms with Crippen LogP contribution in [0.3, 0.4) is 0 Å². The molecule has 0 spiro atoms. The Morgan fingerprint density at radius 1 is 1.26 bits per heavy atom. The molecule has 0 amide bonds. The molecule has 0 aliphatic heterocycles. The fraction of sp³-hybridized carbons (Fsp3) is 0.333. The number of hydrogen-bond acceptors (Lipinski definition) is 2. The molecule has 2 N–H and O–H groups in total. The second kappa shape index (κ2) is 5.69. The van der Waals surface area contributed by atoms with Gasteiger partial charge in [0.1, 0.15) is 0 Å². The van der Waals surface area contributed by atoms with Gasteiger partial charge in [-0.25, -0.2) is 0 Å². The summed E-state index contributed by atoms with van der Waals surface area (Å²) in [6, 6.07) is 7.82. The van der Waals surface area contributed by atoms with Crippen LogP contribution >= 0.6 is 0 Å². The monoisotopic (exact) mass is 259 g/mol. The van der Waals surface area contributed by atoms with E-state index in [1.807, 2.05) is 18.2 Å². The van der Waals surface area contributed by atoms with Crippen molar-refractivity contribution in [3.8, 4) is 0 Å². The smallest absolute Gasteiger partial charge is 0.303 e. The molecule has 0 aliphatic rings. The van der Waals surface area contributed by atoms with Crippen LogP contribution in [-0.2, 0) is 11.2 Å². The maximum absolute atomic E-state index is 11.5. The van der Waals surface area contributed by atoms with Crippen molar-refractivity contribution in [2.24, 2.45) is 0 Å². The number of rotatable bonds is 5. The van der Waals surface area contributed by atoms with Gasteiger partial charge in [0.15, 0.2) is 0 Å². The number of aliphatic carboxylic acids is 1. The first-order chi connectivity index (χ1) is 9.06. The van der Waals surface area contributed by atoms with Gasteiger partial charge in [-0.05, 0) is 55.3 Å². The minimum absolute atomic E-state index is 0.0540. The summed E-state index contributed by atoms with van der Waals surface area (Å²) in [5, 5.41) is 9.60. The molecule has 2 aromatic rings. The van der Waals surface area contributed by atoms with Gasteiger partial charge in [0, 0.05) is 17.5 Å². The van der Waals surface area contributed by atoms with E-state index in [4.69, 9.17) is 5.11 Å². The quantitative estimate of drug-likeness (QED) is 0.811. The summed E-state index contributed by atoms with van der Waals surface area (Å²) in [5.74, 6) is -0.744. The highest BCUT2D eigenvalue weighted by Gasteiger charge is 2.01. The predicted octanol–water partition coefficient (Wildman–Crippen LogP) is 2.63. The van der Waals surface area contributed by atoms with E-state index in [9.17, 15) is 9.59 Å².